The average molecular weight is 329 g/mol. The van der Waals surface area contributed by atoms with Crippen molar-refractivity contribution in [2.75, 3.05) is 13.1 Å². The molecule has 2 atom stereocenters. The lowest BCUT2D eigenvalue weighted by molar-refractivity contribution is -0.149. The van der Waals surface area contributed by atoms with Crippen LogP contribution in [0.15, 0.2) is 36.5 Å². The number of nitrogens with zero attached hydrogens (tertiary/aromatic N) is 3. The van der Waals surface area contributed by atoms with E-state index in [1.54, 1.807) is 23.0 Å². The van der Waals surface area contributed by atoms with Crippen LogP contribution in [-0.4, -0.2) is 38.8 Å². The molecule has 1 aliphatic carbocycles. The molecule has 1 aromatic carbocycles. The van der Waals surface area contributed by atoms with Gasteiger partial charge in [-0.2, -0.15) is 5.10 Å². The lowest BCUT2D eigenvalue weighted by Gasteiger charge is -2.23. The Hall–Kier alpha value is -2.21. The number of benzene rings is 1. The smallest absolute Gasteiger partial charge is 0.311 e. The van der Waals surface area contributed by atoms with Gasteiger partial charge in [-0.05, 0) is 49.1 Å². The SMILES string of the molecule is O=C(O)[C@@]12CCC[C@H]1CN(Cc1ccnn1-c1ccc(F)cc1)C2. The van der Waals surface area contributed by atoms with Crippen LogP contribution in [0, 0.1) is 17.2 Å². The fourth-order valence-corrected chi connectivity index (χ4v) is 4.36. The van der Waals surface area contributed by atoms with Crippen LogP contribution in [0.4, 0.5) is 4.39 Å². The normalized spacial score (nSPS) is 26.6. The standard InChI is InChI=1S/C18H20FN3O2/c19-14-3-5-15(6-4-14)22-16(7-9-20-22)11-21-10-13-2-1-8-18(13,12-21)17(23)24/h3-7,9,13H,1-2,8,10-12H2,(H,23,24)/t13-,18+/m0/s1. The summed E-state index contributed by atoms with van der Waals surface area (Å²) in [4.78, 5) is 14.0. The first-order valence-corrected chi connectivity index (χ1v) is 8.33. The molecule has 5 nitrogen and oxygen atoms in total. The van der Waals surface area contributed by atoms with Crippen LogP contribution >= 0.6 is 0 Å². The number of carbonyl (C=O) groups is 1. The number of halogens is 1. The predicted molar refractivity (Wildman–Crippen MR) is 86.2 cm³/mol. The molecule has 1 N–H and O–H groups in total. The number of rotatable bonds is 4. The van der Waals surface area contributed by atoms with E-state index in [0.717, 1.165) is 37.2 Å². The Kier molecular flexibility index (Phi) is 3.64. The third-order valence-electron chi connectivity index (χ3n) is 5.55. The van der Waals surface area contributed by atoms with Crippen molar-refractivity contribution >= 4 is 5.97 Å². The number of carboxylic acid groups (broad SMARTS) is 1. The van der Waals surface area contributed by atoms with Gasteiger partial charge in [-0.15, -0.1) is 0 Å². The summed E-state index contributed by atoms with van der Waals surface area (Å²) in [6, 6.07) is 8.17. The van der Waals surface area contributed by atoms with Crippen molar-refractivity contribution in [3.8, 4) is 5.69 Å². The Balaban J connectivity index is 1.54. The first-order valence-electron chi connectivity index (χ1n) is 8.33. The van der Waals surface area contributed by atoms with Crippen LogP contribution in [0.25, 0.3) is 5.69 Å². The van der Waals surface area contributed by atoms with Gasteiger partial charge in [0.05, 0.1) is 16.8 Å². The van der Waals surface area contributed by atoms with Gasteiger partial charge in [0.15, 0.2) is 0 Å². The van der Waals surface area contributed by atoms with Crippen molar-refractivity contribution in [1.82, 2.24) is 14.7 Å². The molecule has 2 aliphatic rings. The van der Waals surface area contributed by atoms with Gasteiger partial charge in [0.1, 0.15) is 5.82 Å². The highest BCUT2D eigenvalue weighted by molar-refractivity contribution is 5.76. The fourth-order valence-electron chi connectivity index (χ4n) is 4.36. The zero-order valence-corrected chi connectivity index (χ0v) is 13.4. The summed E-state index contributed by atoms with van der Waals surface area (Å²) in [6.45, 7) is 2.07. The summed E-state index contributed by atoms with van der Waals surface area (Å²) in [6.07, 6.45) is 4.52. The van der Waals surface area contributed by atoms with Crippen LogP contribution < -0.4 is 0 Å². The zero-order chi connectivity index (χ0) is 16.7. The second-order valence-corrected chi connectivity index (χ2v) is 6.93. The third kappa shape index (κ3) is 2.41. The molecule has 1 saturated heterocycles. The van der Waals surface area contributed by atoms with Gasteiger partial charge in [-0.3, -0.25) is 9.69 Å². The summed E-state index contributed by atoms with van der Waals surface area (Å²) in [7, 11) is 0. The monoisotopic (exact) mass is 329 g/mol. The molecule has 2 heterocycles. The molecular formula is C18H20FN3O2. The van der Waals surface area contributed by atoms with Crippen molar-refractivity contribution in [3.05, 3.63) is 48.0 Å². The van der Waals surface area contributed by atoms with Gasteiger partial charge in [-0.25, -0.2) is 9.07 Å². The van der Waals surface area contributed by atoms with Crippen molar-refractivity contribution in [3.63, 3.8) is 0 Å². The topological polar surface area (TPSA) is 58.4 Å². The number of fused-ring (bicyclic) bond motifs is 1. The van der Waals surface area contributed by atoms with E-state index in [4.69, 9.17) is 0 Å². The maximum absolute atomic E-state index is 13.1. The molecule has 0 spiro atoms. The minimum atomic E-state index is -0.653. The first kappa shape index (κ1) is 15.3. The maximum atomic E-state index is 13.1. The van der Waals surface area contributed by atoms with Crippen molar-refractivity contribution in [1.29, 1.82) is 0 Å². The number of likely N-dealkylation sites (tertiary alicyclic amines) is 1. The quantitative estimate of drug-likeness (QED) is 0.937. The highest BCUT2D eigenvalue weighted by atomic mass is 19.1. The molecule has 0 radical (unpaired) electrons. The van der Waals surface area contributed by atoms with E-state index in [1.165, 1.54) is 12.1 Å². The molecule has 1 saturated carbocycles. The second kappa shape index (κ2) is 5.70. The lowest BCUT2D eigenvalue weighted by atomic mass is 9.81. The van der Waals surface area contributed by atoms with E-state index in [2.05, 4.69) is 10.00 Å². The van der Waals surface area contributed by atoms with E-state index in [1.807, 2.05) is 6.07 Å². The summed E-state index contributed by atoms with van der Waals surface area (Å²) in [5.74, 6) is -0.681. The lowest BCUT2D eigenvalue weighted by Crippen LogP contribution is -2.35. The Labute approximate surface area is 139 Å². The fraction of sp³-hybridized carbons (Fsp3) is 0.444. The van der Waals surface area contributed by atoms with Gasteiger partial charge in [0, 0.05) is 25.8 Å². The number of hydrogen-bond acceptors (Lipinski definition) is 3. The average Bonchev–Trinajstić information content (AvgIpc) is 3.22. The van der Waals surface area contributed by atoms with Gasteiger partial charge in [0.2, 0.25) is 0 Å². The molecule has 24 heavy (non-hydrogen) atoms. The number of carboxylic acids is 1. The van der Waals surface area contributed by atoms with E-state index in [0.29, 0.717) is 13.1 Å². The molecule has 1 aliphatic heterocycles. The number of aliphatic carboxylic acids is 1. The third-order valence-corrected chi connectivity index (χ3v) is 5.55. The molecule has 1 aromatic heterocycles. The Morgan fingerprint density at radius 1 is 1.33 bits per heavy atom. The Morgan fingerprint density at radius 3 is 2.83 bits per heavy atom. The molecule has 0 amide bonds. The zero-order valence-electron chi connectivity index (χ0n) is 13.4. The summed E-state index contributed by atoms with van der Waals surface area (Å²) >= 11 is 0. The highest BCUT2D eigenvalue weighted by Gasteiger charge is 2.54. The van der Waals surface area contributed by atoms with Crippen LogP contribution in [0.5, 0.6) is 0 Å². The molecule has 0 unspecified atom stereocenters. The molecule has 4 rings (SSSR count). The van der Waals surface area contributed by atoms with Crippen LogP contribution in [0.2, 0.25) is 0 Å². The van der Waals surface area contributed by atoms with Crippen LogP contribution in [-0.2, 0) is 11.3 Å². The molecule has 0 bridgehead atoms. The summed E-state index contributed by atoms with van der Waals surface area (Å²) in [5, 5.41) is 14.0. The van der Waals surface area contributed by atoms with Crippen molar-refractivity contribution < 1.29 is 14.3 Å². The van der Waals surface area contributed by atoms with Crippen LogP contribution in [0.3, 0.4) is 0 Å². The molecular weight excluding hydrogens is 309 g/mol. The second-order valence-electron chi connectivity index (χ2n) is 6.93. The van der Waals surface area contributed by atoms with Gasteiger partial charge in [0.25, 0.3) is 0 Å². The molecule has 2 fully saturated rings. The van der Waals surface area contributed by atoms with Gasteiger partial charge in [-0.1, -0.05) is 6.42 Å². The summed E-state index contributed by atoms with van der Waals surface area (Å²) in [5.41, 5.74) is 1.23. The van der Waals surface area contributed by atoms with Crippen molar-refractivity contribution in [2.45, 2.75) is 25.8 Å². The van der Waals surface area contributed by atoms with Crippen molar-refractivity contribution in [2.24, 2.45) is 11.3 Å². The number of hydrogen-bond donors (Lipinski definition) is 1. The van der Waals surface area contributed by atoms with Gasteiger partial charge < -0.3 is 5.11 Å². The minimum Gasteiger partial charge on any atom is -0.481 e. The minimum absolute atomic E-state index is 0.247. The summed E-state index contributed by atoms with van der Waals surface area (Å²) < 4.78 is 14.9. The largest absolute Gasteiger partial charge is 0.481 e. The first-order chi connectivity index (χ1) is 11.6. The highest BCUT2D eigenvalue weighted by Crippen LogP contribution is 2.49. The maximum Gasteiger partial charge on any atom is 0.311 e. The molecule has 6 heteroatoms. The Morgan fingerprint density at radius 2 is 2.12 bits per heavy atom. The van der Waals surface area contributed by atoms with E-state index < -0.39 is 11.4 Å². The number of aromatic nitrogens is 2. The molecule has 126 valence electrons. The van der Waals surface area contributed by atoms with E-state index in [9.17, 15) is 14.3 Å². The van der Waals surface area contributed by atoms with Crippen LogP contribution in [0.1, 0.15) is 25.0 Å². The Bertz CT molecular complexity index is 758. The predicted octanol–water partition coefficient (Wildman–Crippen LogP) is 2.70. The van der Waals surface area contributed by atoms with E-state index in [-0.39, 0.29) is 11.7 Å². The molecule has 2 aromatic rings. The van der Waals surface area contributed by atoms with Gasteiger partial charge >= 0.3 is 5.97 Å². The van der Waals surface area contributed by atoms with E-state index >= 15 is 0 Å².